The quantitative estimate of drug-likeness (QED) is 0.625. The van der Waals surface area contributed by atoms with E-state index in [1.165, 1.54) is 13.8 Å². The van der Waals surface area contributed by atoms with Gasteiger partial charge in [-0.25, -0.2) is 19.5 Å². The molecular weight excluding hydrogens is 264 g/mol. The maximum absolute atomic E-state index is 12.6. The van der Waals surface area contributed by atoms with Crippen molar-refractivity contribution in [1.29, 1.82) is 0 Å². The summed E-state index contributed by atoms with van der Waals surface area (Å²) in [6.07, 6.45) is 0. The van der Waals surface area contributed by atoms with Crippen molar-refractivity contribution in [1.82, 2.24) is 9.80 Å². The first-order valence-electron chi connectivity index (χ1n) is 5.93. The fourth-order valence-corrected chi connectivity index (χ4v) is 2.78. The number of fused-ring (bicyclic) bond motifs is 1. The number of primary amides is 2. The molecule has 20 heavy (non-hydrogen) atoms. The predicted octanol–water partition coefficient (Wildman–Crippen LogP) is -0.387. The lowest BCUT2D eigenvalue weighted by molar-refractivity contribution is -0.134. The molecule has 2 heterocycles. The van der Waals surface area contributed by atoms with Crippen LogP contribution in [0.25, 0.3) is 0 Å². The van der Waals surface area contributed by atoms with Gasteiger partial charge in [0.05, 0.1) is 0 Å². The normalized spacial score (nSPS) is 32.7. The van der Waals surface area contributed by atoms with Crippen LogP contribution in [0.2, 0.25) is 0 Å². The second-order valence-electron chi connectivity index (χ2n) is 5.06. The van der Waals surface area contributed by atoms with Crippen molar-refractivity contribution < 1.29 is 14.4 Å². The molecule has 0 aromatic heterocycles. The zero-order valence-electron chi connectivity index (χ0n) is 11.7. The molecule has 4 N–H and O–H groups in total. The Hall–Kier alpha value is -2.45. The number of hydrogen-bond acceptors (Lipinski definition) is 5. The largest absolute Gasteiger partial charge is 0.351 e. The number of urea groups is 2. The summed E-state index contributed by atoms with van der Waals surface area (Å²) in [7, 11) is 0. The zero-order chi connectivity index (χ0) is 15.5. The molecule has 5 amide bonds. The first-order chi connectivity index (χ1) is 9.06. The lowest BCUT2D eigenvalue weighted by Crippen LogP contribution is -2.69. The zero-order valence-corrected chi connectivity index (χ0v) is 11.7. The number of carbonyl (C=O) groups excluding carboxylic acids is 3. The molecule has 2 rings (SSSR count). The maximum atomic E-state index is 12.6. The second-order valence-corrected chi connectivity index (χ2v) is 5.06. The molecule has 0 aliphatic carbocycles. The Kier molecular flexibility index (Phi) is 2.64. The summed E-state index contributed by atoms with van der Waals surface area (Å²) in [5.41, 5.74) is 7.79. The van der Waals surface area contributed by atoms with Gasteiger partial charge in [0.15, 0.2) is 11.2 Å². The molecule has 108 valence electrons. The third-order valence-corrected chi connectivity index (χ3v) is 3.83. The Morgan fingerprint density at radius 1 is 1.05 bits per heavy atom. The highest BCUT2D eigenvalue weighted by molar-refractivity contribution is 6.18. The average molecular weight is 280 g/mol. The molecule has 2 atom stereocenters. The molecule has 2 aliphatic rings. The molecule has 0 spiro atoms. The fourth-order valence-electron chi connectivity index (χ4n) is 2.78. The van der Waals surface area contributed by atoms with Gasteiger partial charge in [-0.2, -0.15) is 0 Å². The van der Waals surface area contributed by atoms with Gasteiger partial charge >= 0.3 is 12.1 Å². The number of imide groups is 1. The molecule has 9 nitrogen and oxygen atoms in total. The van der Waals surface area contributed by atoms with Crippen LogP contribution < -0.4 is 11.5 Å². The first kappa shape index (κ1) is 14.0. The van der Waals surface area contributed by atoms with E-state index in [0.29, 0.717) is 0 Å². The van der Waals surface area contributed by atoms with E-state index < -0.39 is 29.2 Å². The molecule has 0 aromatic rings. The van der Waals surface area contributed by atoms with Crippen molar-refractivity contribution in [3.05, 3.63) is 0 Å². The molecule has 0 fully saturated rings. The van der Waals surface area contributed by atoms with Gasteiger partial charge in [0, 0.05) is 0 Å². The summed E-state index contributed by atoms with van der Waals surface area (Å²) in [4.78, 5) is 46.0. The van der Waals surface area contributed by atoms with E-state index in [1.54, 1.807) is 13.8 Å². The third-order valence-electron chi connectivity index (χ3n) is 3.83. The molecule has 0 saturated carbocycles. The van der Waals surface area contributed by atoms with Crippen molar-refractivity contribution in [2.24, 2.45) is 21.5 Å². The molecule has 0 saturated heterocycles. The number of nitrogens with two attached hydrogens (primary N) is 2. The smallest absolute Gasteiger partial charge is 0.327 e. The number of hydrogen-bond donors (Lipinski definition) is 2. The standard InChI is InChI=1S/C11H16N6O3/c1-5-15-11(4)10(3,7(18)16(5)8(12)19)14-6(2)17(11)9(13)20/h1-4H3,(H2,12,19)(H2,13,20). The van der Waals surface area contributed by atoms with Crippen molar-refractivity contribution >= 4 is 29.6 Å². The fraction of sp³-hybridized carbons (Fsp3) is 0.545. The highest BCUT2D eigenvalue weighted by Crippen LogP contribution is 2.43. The number of amidine groups is 2. The minimum absolute atomic E-state index is 0.0959. The minimum Gasteiger partial charge on any atom is -0.351 e. The molecule has 0 aromatic carbocycles. The van der Waals surface area contributed by atoms with Gasteiger partial charge in [-0.1, -0.05) is 0 Å². The van der Waals surface area contributed by atoms with Crippen LogP contribution in [0.4, 0.5) is 9.59 Å². The summed E-state index contributed by atoms with van der Waals surface area (Å²) in [6.45, 7) is 6.07. The number of amides is 5. The Labute approximate surface area is 115 Å². The highest BCUT2D eigenvalue weighted by Gasteiger charge is 2.64. The van der Waals surface area contributed by atoms with Crippen LogP contribution >= 0.6 is 0 Å². The molecule has 2 aliphatic heterocycles. The van der Waals surface area contributed by atoms with Gasteiger partial charge in [-0.05, 0) is 27.7 Å². The third kappa shape index (κ3) is 1.40. The summed E-state index contributed by atoms with van der Waals surface area (Å²) < 4.78 is 0. The Morgan fingerprint density at radius 2 is 1.60 bits per heavy atom. The van der Waals surface area contributed by atoms with Gasteiger partial charge in [-0.3, -0.25) is 14.7 Å². The second kappa shape index (κ2) is 3.78. The lowest BCUT2D eigenvalue weighted by atomic mass is 9.84. The van der Waals surface area contributed by atoms with Crippen LogP contribution in [0.1, 0.15) is 27.7 Å². The number of rotatable bonds is 0. The van der Waals surface area contributed by atoms with E-state index in [0.717, 1.165) is 9.80 Å². The van der Waals surface area contributed by atoms with Crippen molar-refractivity contribution in [3.8, 4) is 0 Å². The average Bonchev–Trinajstić information content (AvgIpc) is 2.45. The van der Waals surface area contributed by atoms with Crippen LogP contribution in [0.3, 0.4) is 0 Å². The molecule has 2 unspecified atom stereocenters. The molecule has 0 bridgehead atoms. The number of carbonyl (C=O) groups is 3. The van der Waals surface area contributed by atoms with E-state index in [-0.39, 0.29) is 11.7 Å². The number of aliphatic imine (C=N–C) groups is 2. The van der Waals surface area contributed by atoms with Crippen LogP contribution in [0.5, 0.6) is 0 Å². The molecule has 9 heteroatoms. The van der Waals surface area contributed by atoms with E-state index in [2.05, 4.69) is 9.98 Å². The van der Waals surface area contributed by atoms with Crippen molar-refractivity contribution in [3.63, 3.8) is 0 Å². The summed E-state index contributed by atoms with van der Waals surface area (Å²) in [5.74, 6) is -0.277. The summed E-state index contributed by atoms with van der Waals surface area (Å²) >= 11 is 0. The number of nitrogens with zero attached hydrogens (tertiary/aromatic N) is 4. The monoisotopic (exact) mass is 280 g/mol. The van der Waals surface area contributed by atoms with E-state index in [1.807, 2.05) is 0 Å². The van der Waals surface area contributed by atoms with E-state index in [4.69, 9.17) is 11.5 Å². The Balaban J connectivity index is 2.71. The Bertz CT molecular complexity index is 597. The van der Waals surface area contributed by atoms with Gasteiger partial charge in [0.25, 0.3) is 5.91 Å². The van der Waals surface area contributed by atoms with E-state index >= 15 is 0 Å². The van der Waals surface area contributed by atoms with Gasteiger partial charge in [0.1, 0.15) is 11.7 Å². The van der Waals surface area contributed by atoms with Gasteiger partial charge < -0.3 is 11.5 Å². The van der Waals surface area contributed by atoms with E-state index in [9.17, 15) is 14.4 Å². The highest BCUT2D eigenvalue weighted by atomic mass is 16.2. The summed E-state index contributed by atoms with van der Waals surface area (Å²) in [5, 5.41) is 0. The van der Waals surface area contributed by atoms with Gasteiger partial charge in [0.2, 0.25) is 0 Å². The lowest BCUT2D eigenvalue weighted by Gasteiger charge is -2.44. The topological polar surface area (TPSA) is 134 Å². The molecular formula is C11H16N6O3. The van der Waals surface area contributed by atoms with Crippen molar-refractivity contribution in [2.75, 3.05) is 0 Å². The van der Waals surface area contributed by atoms with Crippen LogP contribution in [-0.4, -0.2) is 50.6 Å². The van der Waals surface area contributed by atoms with Crippen LogP contribution in [0, 0.1) is 0 Å². The van der Waals surface area contributed by atoms with Crippen LogP contribution in [0.15, 0.2) is 9.98 Å². The van der Waals surface area contributed by atoms with Crippen LogP contribution in [-0.2, 0) is 4.79 Å². The minimum atomic E-state index is -1.44. The first-order valence-corrected chi connectivity index (χ1v) is 5.93. The predicted molar refractivity (Wildman–Crippen MR) is 70.9 cm³/mol. The molecule has 0 radical (unpaired) electrons. The Morgan fingerprint density at radius 3 is 2.05 bits per heavy atom. The summed E-state index contributed by atoms with van der Waals surface area (Å²) in [6, 6.07) is -1.71. The maximum Gasteiger partial charge on any atom is 0.327 e. The SMILES string of the molecule is CC1=NC2(C)N(C(N)=O)C(C)=NC2(C)C(=O)N1C(N)=O. The van der Waals surface area contributed by atoms with Crippen molar-refractivity contribution in [2.45, 2.75) is 38.9 Å². The van der Waals surface area contributed by atoms with Gasteiger partial charge in [-0.15, -0.1) is 0 Å².